The van der Waals surface area contributed by atoms with Crippen LogP contribution in [0.1, 0.15) is 24.0 Å². The Morgan fingerprint density at radius 2 is 1.96 bits per heavy atom. The van der Waals surface area contributed by atoms with E-state index in [9.17, 15) is 0 Å². The van der Waals surface area contributed by atoms with Crippen molar-refractivity contribution in [3.05, 3.63) is 63.5 Å². The summed E-state index contributed by atoms with van der Waals surface area (Å²) in [6.07, 6.45) is 8.04. The van der Waals surface area contributed by atoms with Gasteiger partial charge < -0.3 is 0 Å². The van der Waals surface area contributed by atoms with Crippen molar-refractivity contribution >= 4 is 0 Å². The molecule has 0 unspecified atom stereocenters. The summed E-state index contributed by atoms with van der Waals surface area (Å²) in [6.45, 7) is 1.36. The average Bonchev–Trinajstić information content (AvgIpc) is 2.60. The first-order chi connectivity index (χ1) is 11.3. The molecule has 3 nitrogen and oxygen atoms in total. The van der Waals surface area contributed by atoms with Crippen molar-refractivity contribution in [1.29, 1.82) is 0 Å². The number of hydrogen-bond donors (Lipinski definition) is 1. The summed E-state index contributed by atoms with van der Waals surface area (Å²) in [7, 11) is 0. The van der Waals surface area contributed by atoms with Gasteiger partial charge in [0, 0.05) is 0 Å². The molecule has 23 heavy (non-hydrogen) atoms. The summed E-state index contributed by atoms with van der Waals surface area (Å²) in [5.74, 6) is 0. The van der Waals surface area contributed by atoms with Gasteiger partial charge in [0.05, 0.1) is 0 Å². The standard InChI is InChI=1S/C19H26IN2O/c1-20-18-12-17(13-22-14-18)10-11-23-15-19(21)9-5-8-16-6-3-2-4-7-16/h2-4,6-7,12-14,19H,5,8-11,15,21H2,1H3/q-1/t19-/m0/s1. The van der Waals surface area contributed by atoms with Gasteiger partial charge >= 0.3 is 120 Å². The number of aromatic nitrogens is 1. The number of halogens is 1. The van der Waals surface area contributed by atoms with E-state index in [2.05, 4.69) is 46.3 Å². The number of pyridine rings is 1. The van der Waals surface area contributed by atoms with Gasteiger partial charge in [0.2, 0.25) is 0 Å². The number of aryl methyl sites for hydroxylation is 1. The molecule has 0 aliphatic carbocycles. The van der Waals surface area contributed by atoms with E-state index < -0.39 is 0 Å². The number of hydrogen-bond acceptors (Lipinski definition) is 3. The zero-order valence-electron chi connectivity index (χ0n) is 13.7. The first-order valence-electron chi connectivity index (χ1n) is 8.08. The third-order valence-corrected chi connectivity index (χ3v) is 5.57. The molecule has 0 aliphatic rings. The second-order valence-electron chi connectivity index (χ2n) is 5.66. The van der Waals surface area contributed by atoms with Crippen LogP contribution in [0.3, 0.4) is 0 Å². The van der Waals surface area contributed by atoms with E-state index in [-0.39, 0.29) is 27.2 Å². The van der Waals surface area contributed by atoms with Crippen LogP contribution < -0.4 is 26.9 Å². The molecule has 1 atom stereocenters. The van der Waals surface area contributed by atoms with Crippen LogP contribution in [0.25, 0.3) is 0 Å². The van der Waals surface area contributed by atoms with Gasteiger partial charge in [0.25, 0.3) is 0 Å². The second-order valence-corrected chi connectivity index (χ2v) is 7.99. The fraction of sp³-hybridized carbons (Fsp3) is 0.421. The van der Waals surface area contributed by atoms with Gasteiger partial charge in [0.1, 0.15) is 0 Å². The number of alkyl halides is 1. The first-order valence-corrected chi connectivity index (χ1v) is 11.3. The molecule has 1 aromatic heterocycles. The Kier molecular flexibility index (Phi) is 8.57. The molecule has 4 heteroatoms. The number of rotatable bonds is 10. The number of nitrogens with zero attached hydrogens (tertiary/aromatic N) is 1. The van der Waals surface area contributed by atoms with Gasteiger partial charge in [-0.05, 0) is 0 Å². The van der Waals surface area contributed by atoms with Crippen molar-refractivity contribution in [3.63, 3.8) is 0 Å². The van der Waals surface area contributed by atoms with E-state index in [4.69, 9.17) is 10.5 Å². The average molecular weight is 425 g/mol. The molecule has 1 heterocycles. The SMILES string of the molecule is C[I-]c1cncc(CCOC[C@@H](N)CCCc2ccccc2)c1. The molecule has 126 valence electrons. The maximum atomic E-state index is 6.13. The summed E-state index contributed by atoms with van der Waals surface area (Å²) in [6, 6.07) is 12.9. The van der Waals surface area contributed by atoms with Crippen LogP contribution in [-0.2, 0) is 17.6 Å². The van der Waals surface area contributed by atoms with Crippen LogP contribution in [0.2, 0.25) is 0 Å². The second kappa shape index (κ2) is 10.7. The molecule has 2 N–H and O–H groups in total. The molecule has 0 aliphatic heterocycles. The third kappa shape index (κ3) is 7.42. The van der Waals surface area contributed by atoms with Crippen LogP contribution >= 0.6 is 0 Å². The van der Waals surface area contributed by atoms with Crippen LogP contribution in [0.15, 0.2) is 48.8 Å². The zero-order chi connectivity index (χ0) is 16.3. The van der Waals surface area contributed by atoms with E-state index in [0.717, 1.165) is 32.3 Å². The van der Waals surface area contributed by atoms with Crippen molar-refractivity contribution in [1.82, 2.24) is 4.98 Å². The zero-order valence-corrected chi connectivity index (χ0v) is 15.9. The Balaban J connectivity index is 1.56. The molecule has 0 bridgehead atoms. The van der Waals surface area contributed by atoms with E-state index in [0.29, 0.717) is 6.61 Å². The molecule has 1 aromatic carbocycles. The normalized spacial score (nSPS) is 12.4. The summed E-state index contributed by atoms with van der Waals surface area (Å²) in [5.41, 5.74) is 8.78. The molecule has 0 spiro atoms. The van der Waals surface area contributed by atoms with Crippen LogP contribution in [-0.4, -0.2) is 29.2 Å². The van der Waals surface area contributed by atoms with E-state index >= 15 is 0 Å². The molecule has 0 fully saturated rings. The van der Waals surface area contributed by atoms with Gasteiger partial charge in [-0.25, -0.2) is 0 Å². The molecule has 0 saturated carbocycles. The maximum absolute atomic E-state index is 6.13. The van der Waals surface area contributed by atoms with Gasteiger partial charge in [-0.15, -0.1) is 0 Å². The fourth-order valence-electron chi connectivity index (χ4n) is 2.42. The molecule has 2 aromatic rings. The van der Waals surface area contributed by atoms with Gasteiger partial charge in [0.15, 0.2) is 0 Å². The van der Waals surface area contributed by atoms with Crippen molar-refractivity contribution in [3.8, 4) is 0 Å². The Morgan fingerprint density at radius 3 is 2.74 bits per heavy atom. The Morgan fingerprint density at radius 1 is 1.13 bits per heavy atom. The Hall–Kier alpha value is -0.980. The topological polar surface area (TPSA) is 48.1 Å². The van der Waals surface area contributed by atoms with Crippen LogP contribution in [0, 0.1) is 3.57 Å². The minimum atomic E-state index is 0.112. The summed E-state index contributed by atoms with van der Waals surface area (Å²) in [5, 5.41) is 0. The summed E-state index contributed by atoms with van der Waals surface area (Å²) >= 11 is 0.112. The third-order valence-electron chi connectivity index (χ3n) is 3.73. The van der Waals surface area contributed by atoms with Crippen LogP contribution in [0.4, 0.5) is 0 Å². The predicted octanol–water partition coefficient (Wildman–Crippen LogP) is -0.121. The predicted molar refractivity (Wildman–Crippen MR) is 90.7 cm³/mol. The minimum absolute atomic E-state index is 0.112. The van der Waals surface area contributed by atoms with Crippen molar-refractivity contribution in [2.24, 2.45) is 5.73 Å². The van der Waals surface area contributed by atoms with E-state index in [1.165, 1.54) is 14.7 Å². The summed E-state index contributed by atoms with van der Waals surface area (Å²) in [4.78, 5) is 6.54. The molecule has 2 rings (SSSR count). The van der Waals surface area contributed by atoms with E-state index in [1.54, 1.807) is 0 Å². The quantitative estimate of drug-likeness (QED) is 0.328. The Bertz CT molecular complexity index is 562. The van der Waals surface area contributed by atoms with Crippen molar-refractivity contribution < 1.29 is 25.9 Å². The van der Waals surface area contributed by atoms with Gasteiger partial charge in [-0.2, -0.15) is 0 Å². The van der Waals surface area contributed by atoms with Gasteiger partial charge in [-0.1, -0.05) is 30.3 Å². The van der Waals surface area contributed by atoms with E-state index in [1.807, 2.05) is 12.4 Å². The summed E-state index contributed by atoms with van der Waals surface area (Å²) < 4.78 is 7.12. The molecule has 0 amide bonds. The number of benzene rings is 1. The monoisotopic (exact) mass is 425 g/mol. The van der Waals surface area contributed by atoms with Crippen molar-refractivity contribution in [2.45, 2.75) is 31.7 Å². The van der Waals surface area contributed by atoms with Crippen molar-refractivity contribution in [2.75, 3.05) is 18.1 Å². The molecular weight excluding hydrogens is 399 g/mol. The fourth-order valence-corrected chi connectivity index (χ4v) is 3.57. The molecule has 0 saturated heterocycles. The first kappa shape index (κ1) is 18.4. The van der Waals surface area contributed by atoms with Crippen LogP contribution in [0.5, 0.6) is 0 Å². The molecular formula is C19H26IN2O-. The Labute approximate surface area is 149 Å². The number of ether oxygens (including phenoxy) is 1. The number of nitrogens with two attached hydrogens (primary N) is 1. The molecule has 0 radical (unpaired) electrons. The van der Waals surface area contributed by atoms with Gasteiger partial charge in [-0.3, -0.25) is 0 Å².